The summed E-state index contributed by atoms with van der Waals surface area (Å²) in [5, 5.41) is 0. The third-order valence-electron chi connectivity index (χ3n) is 4.49. The zero-order valence-electron chi connectivity index (χ0n) is 13.9. The molecule has 1 aliphatic heterocycles. The first kappa shape index (κ1) is 16.8. The molecule has 0 aliphatic carbocycles. The molecule has 1 atom stereocenters. The lowest BCUT2D eigenvalue weighted by atomic mass is 9.75. The Labute approximate surface area is 133 Å². The van der Waals surface area contributed by atoms with E-state index in [0.29, 0.717) is 13.0 Å². The van der Waals surface area contributed by atoms with Crippen LogP contribution in [0.2, 0.25) is 0 Å². The molecule has 1 heterocycles. The van der Waals surface area contributed by atoms with E-state index in [1.54, 1.807) is 7.11 Å². The number of piperidine rings is 1. The number of benzene rings is 1. The number of ether oxygens (including phenoxy) is 2. The predicted molar refractivity (Wildman–Crippen MR) is 87.1 cm³/mol. The minimum Gasteiger partial charge on any atom is -0.497 e. The summed E-state index contributed by atoms with van der Waals surface area (Å²) in [5.74, 6) is 0.774. The maximum absolute atomic E-state index is 12.7. The summed E-state index contributed by atoms with van der Waals surface area (Å²) in [6, 6.07) is 7.99. The number of carbonyl (C=O) groups is 1. The number of carbonyl (C=O) groups excluding carboxylic acids is 1. The van der Waals surface area contributed by atoms with Crippen molar-refractivity contribution in [1.82, 2.24) is 4.90 Å². The maximum Gasteiger partial charge on any atom is 0.313 e. The highest BCUT2D eigenvalue weighted by Crippen LogP contribution is 2.35. The van der Waals surface area contributed by atoms with Crippen LogP contribution in [0.5, 0.6) is 5.75 Å². The van der Waals surface area contributed by atoms with Gasteiger partial charge in [-0.15, -0.1) is 0 Å². The van der Waals surface area contributed by atoms with Gasteiger partial charge in [0.15, 0.2) is 0 Å². The maximum atomic E-state index is 12.7. The molecule has 1 aliphatic rings. The fourth-order valence-electron chi connectivity index (χ4n) is 3.34. The van der Waals surface area contributed by atoms with Crippen molar-refractivity contribution < 1.29 is 14.3 Å². The second-order valence-corrected chi connectivity index (χ2v) is 6.00. The van der Waals surface area contributed by atoms with Crippen LogP contribution in [0.3, 0.4) is 0 Å². The van der Waals surface area contributed by atoms with Crippen LogP contribution in [0.4, 0.5) is 0 Å². The average Bonchev–Trinajstić information content (AvgIpc) is 2.55. The zero-order chi connectivity index (χ0) is 16.0. The van der Waals surface area contributed by atoms with Gasteiger partial charge in [0, 0.05) is 6.54 Å². The van der Waals surface area contributed by atoms with Crippen LogP contribution in [0, 0.1) is 5.41 Å². The van der Waals surface area contributed by atoms with Gasteiger partial charge in [0.1, 0.15) is 5.75 Å². The van der Waals surface area contributed by atoms with Crippen LogP contribution in [-0.4, -0.2) is 44.2 Å². The van der Waals surface area contributed by atoms with E-state index < -0.39 is 5.41 Å². The molecule has 4 heteroatoms. The number of hydrogen-bond donors (Lipinski definition) is 0. The summed E-state index contributed by atoms with van der Waals surface area (Å²) in [5.41, 5.74) is 0.696. The number of methoxy groups -OCH3 is 1. The molecule has 4 nitrogen and oxygen atoms in total. The SMILES string of the molecule is CCOC(=O)[C@@]1(Cc2cccc(OC)c2)CCCN(CC)C1. The van der Waals surface area contributed by atoms with E-state index in [2.05, 4.69) is 17.9 Å². The van der Waals surface area contributed by atoms with Gasteiger partial charge in [0.2, 0.25) is 0 Å². The Hall–Kier alpha value is -1.55. The Morgan fingerprint density at radius 3 is 2.86 bits per heavy atom. The van der Waals surface area contributed by atoms with Gasteiger partial charge in [0.05, 0.1) is 19.1 Å². The van der Waals surface area contributed by atoms with Crippen LogP contribution < -0.4 is 4.74 Å². The van der Waals surface area contributed by atoms with E-state index in [-0.39, 0.29) is 5.97 Å². The van der Waals surface area contributed by atoms with E-state index in [1.807, 2.05) is 25.1 Å². The minimum absolute atomic E-state index is 0.0593. The molecular formula is C18H27NO3. The average molecular weight is 305 g/mol. The first-order valence-corrected chi connectivity index (χ1v) is 8.16. The fourth-order valence-corrected chi connectivity index (χ4v) is 3.34. The molecule has 122 valence electrons. The molecule has 0 unspecified atom stereocenters. The molecule has 2 rings (SSSR count). The minimum atomic E-state index is -0.434. The van der Waals surface area contributed by atoms with Gasteiger partial charge in [-0.05, 0) is 57.0 Å². The molecule has 0 aromatic heterocycles. The number of esters is 1. The highest BCUT2D eigenvalue weighted by atomic mass is 16.5. The van der Waals surface area contributed by atoms with E-state index >= 15 is 0 Å². The first-order valence-electron chi connectivity index (χ1n) is 8.16. The molecule has 0 saturated carbocycles. The van der Waals surface area contributed by atoms with Crippen molar-refractivity contribution in [3.8, 4) is 5.75 Å². The van der Waals surface area contributed by atoms with Crippen molar-refractivity contribution in [1.29, 1.82) is 0 Å². The highest BCUT2D eigenvalue weighted by molar-refractivity contribution is 5.77. The smallest absolute Gasteiger partial charge is 0.313 e. The number of rotatable bonds is 6. The molecule has 1 aromatic rings. The summed E-state index contributed by atoms with van der Waals surface area (Å²) in [6.07, 6.45) is 2.63. The van der Waals surface area contributed by atoms with E-state index in [1.165, 1.54) is 0 Å². The third-order valence-corrected chi connectivity index (χ3v) is 4.49. The third kappa shape index (κ3) is 3.80. The molecule has 1 aromatic carbocycles. The topological polar surface area (TPSA) is 38.8 Å². The van der Waals surface area contributed by atoms with Crippen molar-refractivity contribution >= 4 is 5.97 Å². The summed E-state index contributed by atoms with van der Waals surface area (Å²) >= 11 is 0. The van der Waals surface area contributed by atoms with Gasteiger partial charge < -0.3 is 14.4 Å². The first-order chi connectivity index (χ1) is 10.6. The highest BCUT2D eigenvalue weighted by Gasteiger charge is 2.43. The van der Waals surface area contributed by atoms with Crippen molar-refractivity contribution in [3.63, 3.8) is 0 Å². The van der Waals surface area contributed by atoms with Crippen molar-refractivity contribution in [2.24, 2.45) is 5.41 Å². The van der Waals surface area contributed by atoms with Gasteiger partial charge in [-0.25, -0.2) is 0 Å². The number of likely N-dealkylation sites (tertiary alicyclic amines) is 1. The van der Waals surface area contributed by atoms with Crippen LogP contribution >= 0.6 is 0 Å². The fraction of sp³-hybridized carbons (Fsp3) is 0.611. The van der Waals surface area contributed by atoms with Crippen LogP contribution in [0.1, 0.15) is 32.3 Å². The molecule has 1 saturated heterocycles. The lowest BCUT2D eigenvalue weighted by molar-refractivity contribution is -0.159. The second-order valence-electron chi connectivity index (χ2n) is 6.00. The Balaban J connectivity index is 2.25. The van der Waals surface area contributed by atoms with Crippen LogP contribution in [-0.2, 0) is 16.0 Å². The van der Waals surface area contributed by atoms with Crippen molar-refractivity contribution in [3.05, 3.63) is 29.8 Å². The lowest BCUT2D eigenvalue weighted by Gasteiger charge is -2.40. The van der Waals surface area contributed by atoms with E-state index in [0.717, 1.165) is 43.8 Å². The largest absolute Gasteiger partial charge is 0.497 e. The molecule has 0 bridgehead atoms. The van der Waals surface area contributed by atoms with Gasteiger partial charge in [-0.2, -0.15) is 0 Å². The summed E-state index contributed by atoms with van der Waals surface area (Å²) in [4.78, 5) is 15.0. The van der Waals surface area contributed by atoms with Crippen LogP contribution in [0.15, 0.2) is 24.3 Å². The standard InChI is InChI=1S/C18H27NO3/c1-4-19-11-7-10-18(14-19,17(20)22-5-2)13-15-8-6-9-16(12-15)21-3/h6,8-9,12H,4-5,7,10-11,13-14H2,1-3H3/t18-/m1/s1. The van der Waals surface area contributed by atoms with Gasteiger partial charge in [0.25, 0.3) is 0 Å². The van der Waals surface area contributed by atoms with Gasteiger partial charge >= 0.3 is 5.97 Å². The summed E-state index contributed by atoms with van der Waals surface area (Å²) < 4.78 is 10.7. The Kier molecular flexibility index (Phi) is 5.83. The van der Waals surface area contributed by atoms with Crippen molar-refractivity contribution in [2.45, 2.75) is 33.1 Å². The molecule has 0 N–H and O–H groups in total. The monoisotopic (exact) mass is 305 g/mol. The lowest BCUT2D eigenvalue weighted by Crippen LogP contribution is -2.49. The van der Waals surface area contributed by atoms with E-state index in [4.69, 9.17) is 9.47 Å². The van der Waals surface area contributed by atoms with Crippen LogP contribution in [0.25, 0.3) is 0 Å². The second kappa shape index (κ2) is 7.63. The van der Waals surface area contributed by atoms with Gasteiger partial charge in [-0.3, -0.25) is 4.79 Å². The number of nitrogens with zero attached hydrogens (tertiary/aromatic N) is 1. The zero-order valence-corrected chi connectivity index (χ0v) is 13.9. The Bertz CT molecular complexity index is 503. The van der Waals surface area contributed by atoms with Crippen molar-refractivity contribution in [2.75, 3.05) is 33.4 Å². The molecular weight excluding hydrogens is 278 g/mol. The molecule has 0 amide bonds. The quantitative estimate of drug-likeness (QED) is 0.758. The normalized spacial score (nSPS) is 22.3. The predicted octanol–water partition coefficient (Wildman–Crippen LogP) is 2.90. The molecule has 1 fully saturated rings. The number of hydrogen-bond acceptors (Lipinski definition) is 4. The summed E-state index contributed by atoms with van der Waals surface area (Å²) in [7, 11) is 1.67. The van der Waals surface area contributed by atoms with Gasteiger partial charge in [-0.1, -0.05) is 19.1 Å². The Morgan fingerprint density at radius 2 is 2.18 bits per heavy atom. The summed E-state index contributed by atoms with van der Waals surface area (Å²) in [6.45, 7) is 7.27. The Morgan fingerprint density at radius 1 is 1.36 bits per heavy atom. The van der Waals surface area contributed by atoms with E-state index in [9.17, 15) is 4.79 Å². The molecule has 0 radical (unpaired) electrons. The molecule has 22 heavy (non-hydrogen) atoms. The molecule has 0 spiro atoms.